The molecule has 0 fully saturated rings. The molecule has 5 nitrogen and oxygen atoms in total. The van der Waals surface area contributed by atoms with E-state index < -0.39 is 0 Å². The molecule has 2 N–H and O–H groups in total. The molecule has 0 spiro atoms. The van der Waals surface area contributed by atoms with Crippen molar-refractivity contribution >= 4 is 5.82 Å². The van der Waals surface area contributed by atoms with Gasteiger partial charge in [-0.15, -0.1) is 0 Å². The number of benzene rings is 1. The number of rotatable bonds is 6. The van der Waals surface area contributed by atoms with Crippen LogP contribution in [-0.2, 0) is 6.61 Å². The van der Waals surface area contributed by atoms with Gasteiger partial charge in [-0.05, 0) is 24.1 Å². The average molecular weight is 259 g/mol. The molecule has 0 aliphatic heterocycles. The summed E-state index contributed by atoms with van der Waals surface area (Å²) in [4.78, 5) is 8.17. The molecular formula is C14H17N3O2. The molecule has 0 amide bonds. The van der Waals surface area contributed by atoms with Crippen LogP contribution in [0.15, 0.2) is 36.7 Å². The molecule has 0 unspecified atom stereocenters. The summed E-state index contributed by atoms with van der Waals surface area (Å²) in [5.74, 6) is 1.86. The van der Waals surface area contributed by atoms with Crippen molar-refractivity contribution in [1.82, 2.24) is 9.97 Å². The van der Waals surface area contributed by atoms with Gasteiger partial charge in [0.05, 0.1) is 6.61 Å². The van der Waals surface area contributed by atoms with Crippen molar-refractivity contribution in [3.63, 3.8) is 0 Å². The zero-order chi connectivity index (χ0) is 13.5. The van der Waals surface area contributed by atoms with E-state index in [2.05, 4.69) is 22.2 Å². The number of aliphatic hydroxyl groups excluding tert-OH is 1. The van der Waals surface area contributed by atoms with Crippen molar-refractivity contribution in [2.24, 2.45) is 0 Å². The minimum atomic E-state index is -0.00964. The number of nitrogens with one attached hydrogen (secondary N) is 1. The molecule has 0 aliphatic rings. The van der Waals surface area contributed by atoms with Crippen LogP contribution in [0.25, 0.3) is 0 Å². The van der Waals surface area contributed by atoms with E-state index in [1.807, 2.05) is 18.2 Å². The third-order valence-electron chi connectivity index (χ3n) is 2.50. The molecule has 0 saturated carbocycles. The number of aliphatic hydroxyl groups is 1. The monoisotopic (exact) mass is 259 g/mol. The second-order valence-electron chi connectivity index (χ2n) is 4.08. The maximum atomic E-state index is 9.08. The van der Waals surface area contributed by atoms with E-state index in [1.54, 1.807) is 12.1 Å². The Morgan fingerprint density at radius 3 is 2.95 bits per heavy atom. The third kappa shape index (κ3) is 3.93. The Bertz CT molecular complexity index is 532. The second-order valence-corrected chi connectivity index (χ2v) is 4.08. The number of anilines is 1. The Kier molecular flexibility index (Phi) is 4.69. The molecule has 0 radical (unpaired) electrons. The van der Waals surface area contributed by atoms with Crippen LogP contribution in [0.5, 0.6) is 11.6 Å². The Morgan fingerprint density at radius 2 is 2.16 bits per heavy atom. The Hall–Kier alpha value is -2.14. The number of nitrogens with zero attached hydrogens (tertiary/aromatic N) is 2. The summed E-state index contributed by atoms with van der Waals surface area (Å²) in [5, 5.41) is 12.3. The maximum Gasteiger partial charge on any atom is 0.224 e. The summed E-state index contributed by atoms with van der Waals surface area (Å²) < 4.78 is 5.64. The summed E-state index contributed by atoms with van der Waals surface area (Å²) >= 11 is 0. The number of aromatic nitrogens is 2. The molecule has 0 saturated heterocycles. The van der Waals surface area contributed by atoms with Crippen LogP contribution in [0.2, 0.25) is 0 Å². The first-order valence-corrected chi connectivity index (χ1v) is 6.25. The number of hydrogen-bond acceptors (Lipinski definition) is 5. The quantitative estimate of drug-likeness (QED) is 0.834. The lowest BCUT2D eigenvalue weighted by atomic mass is 10.2. The summed E-state index contributed by atoms with van der Waals surface area (Å²) in [7, 11) is 0. The summed E-state index contributed by atoms with van der Waals surface area (Å²) in [6.07, 6.45) is 2.49. The topological polar surface area (TPSA) is 67.3 Å². The average Bonchev–Trinajstić information content (AvgIpc) is 2.46. The molecule has 0 aliphatic carbocycles. The maximum absolute atomic E-state index is 9.08. The summed E-state index contributed by atoms with van der Waals surface area (Å²) in [6, 6.07) is 9.02. The van der Waals surface area contributed by atoms with E-state index in [9.17, 15) is 0 Å². The Morgan fingerprint density at radius 1 is 1.26 bits per heavy atom. The van der Waals surface area contributed by atoms with Gasteiger partial charge in [0.15, 0.2) is 0 Å². The summed E-state index contributed by atoms with van der Waals surface area (Å²) in [6.45, 7) is 2.94. The normalized spacial score (nSPS) is 10.2. The third-order valence-corrected chi connectivity index (χ3v) is 2.50. The highest BCUT2D eigenvalue weighted by Gasteiger charge is 2.02. The van der Waals surface area contributed by atoms with Crippen LogP contribution in [0.3, 0.4) is 0 Å². The minimum absolute atomic E-state index is 0.00964. The van der Waals surface area contributed by atoms with Crippen molar-refractivity contribution in [3.8, 4) is 11.6 Å². The molecule has 1 heterocycles. The van der Waals surface area contributed by atoms with Gasteiger partial charge in [0.1, 0.15) is 17.9 Å². The molecule has 1 aromatic carbocycles. The molecule has 0 bridgehead atoms. The van der Waals surface area contributed by atoms with Crippen molar-refractivity contribution in [3.05, 3.63) is 42.2 Å². The van der Waals surface area contributed by atoms with Crippen molar-refractivity contribution in [1.29, 1.82) is 0 Å². The molecule has 100 valence electrons. The lowest BCUT2D eigenvalue weighted by Crippen LogP contribution is -2.02. The van der Waals surface area contributed by atoms with E-state index in [1.165, 1.54) is 6.33 Å². The Labute approximate surface area is 112 Å². The minimum Gasteiger partial charge on any atom is -0.439 e. The van der Waals surface area contributed by atoms with Crippen LogP contribution in [0.1, 0.15) is 18.9 Å². The lowest BCUT2D eigenvalue weighted by molar-refractivity contribution is 0.281. The van der Waals surface area contributed by atoms with E-state index >= 15 is 0 Å². The molecular weight excluding hydrogens is 242 g/mol. The van der Waals surface area contributed by atoms with Gasteiger partial charge in [0, 0.05) is 12.6 Å². The van der Waals surface area contributed by atoms with Crippen molar-refractivity contribution in [2.45, 2.75) is 20.0 Å². The van der Waals surface area contributed by atoms with E-state index in [-0.39, 0.29) is 6.61 Å². The van der Waals surface area contributed by atoms with E-state index in [4.69, 9.17) is 9.84 Å². The predicted octanol–water partition coefficient (Wildman–Crippen LogP) is 2.58. The van der Waals surface area contributed by atoms with Gasteiger partial charge in [-0.3, -0.25) is 0 Å². The summed E-state index contributed by atoms with van der Waals surface area (Å²) in [5.41, 5.74) is 0.802. The van der Waals surface area contributed by atoms with Crippen LogP contribution >= 0.6 is 0 Å². The molecule has 0 atom stereocenters. The highest BCUT2D eigenvalue weighted by molar-refractivity contribution is 5.39. The van der Waals surface area contributed by atoms with E-state index in [0.717, 1.165) is 24.3 Å². The van der Waals surface area contributed by atoms with Gasteiger partial charge in [-0.1, -0.05) is 19.1 Å². The fourth-order valence-corrected chi connectivity index (χ4v) is 1.57. The first-order valence-electron chi connectivity index (χ1n) is 6.25. The zero-order valence-corrected chi connectivity index (χ0v) is 10.8. The van der Waals surface area contributed by atoms with Gasteiger partial charge in [0.2, 0.25) is 5.88 Å². The molecule has 1 aromatic heterocycles. The molecule has 5 heteroatoms. The first kappa shape index (κ1) is 13.3. The first-order chi connectivity index (χ1) is 9.31. The second kappa shape index (κ2) is 6.70. The predicted molar refractivity (Wildman–Crippen MR) is 73.3 cm³/mol. The van der Waals surface area contributed by atoms with Crippen LogP contribution in [-0.4, -0.2) is 21.6 Å². The van der Waals surface area contributed by atoms with Gasteiger partial charge in [0.25, 0.3) is 0 Å². The fourth-order valence-electron chi connectivity index (χ4n) is 1.57. The van der Waals surface area contributed by atoms with Gasteiger partial charge < -0.3 is 15.2 Å². The van der Waals surface area contributed by atoms with Crippen LogP contribution < -0.4 is 10.1 Å². The van der Waals surface area contributed by atoms with Gasteiger partial charge in [-0.2, -0.15) is 0 Å². The highest BCUT2D eigenvalue weighted by atomic mass is 16.5. The molecule has 19 heavy (non-hydrogen) atoms. The lowest BCUT2D eigenvalue weighted by Gasteiger charge is -2.08. The number of hydrogen-bond donors (Lipinski definition) is 2. The van der Waals surface area contributed by atoms with Crippen molar-refractivity contribution in [2.75, 3.05) is 11.9 Å². The zero-order valence-electron chi connectivity index (χ0n) is 10.8. The van der Waals surface area contributed by atoms with Crippen LogP contribution in [0, 0.1) is 0 Å². The van der Waals surface area contributed by atoms with Crippen molar-refractivity contribution < 1.29 is 9.84 Å². The number of ether oxygens (including phenoxy) is 1. The molecule has 2 rings (SSSR count). The smallest absolute Gasteiger partial charge is 0.224 e. The highest BCUT2D eigenvalue weighted by Crippen LogP contribution is 2.21. The standard InChI is InChI=1S/C14H17N3O2/c1-2-6-15-13-8-14(17-10-16-13)19-12-5-3-4-11(7-12)9-18/h3-5,7-8,10,18H,2,6,9H2,1H3,(H,15,16,17). The van der Waals surface area contributed by atoms with Gasteiger partial charge >= 0.3 is 0 Å². The SMILES string of the molecule is CCCNc1cc(Oc2cccc(CO)c2)ncn1. The van der Waals surface area contributed by atoms with Crippen LogP contribution in [0.4, 0.5) is 5.82 Å². The molecule has 2 aromatic rings. The van der Waals surface area contributed by atoms with Gasteiger partial charge in [-0.25, -0.2) is 9.97 Å². The Balaban J connectivity index is 2.09. The van der Waals surface area contributed by atoms with E-state index in [0.29, 0.717) is 11.6 Å². The fraction of sp³-hybridized carbons (Fsp3) is 0.286. The largest absolute Gasteiger partial charge is 0.439 e.